The van der Waals surface area contributed by atoms with Crippen molar-refractivity contribution in [1.29, 1.82) is 0 Å². The molecule has 1 saturated heterocycles. The molecule has 0 aliphatic carbocycles. The van der Waals surface area contributed by atoms with Crippen molar-refractivity contribution in [2.75, 3.05) is 6.54 Å². The first kappa shape index (κ1) is 20.0. The van der Waals surface area contributed by atoms with Crippen LogP contribution in [0.4, 0.5) is 4.79 Å². The van der Waals surface area contributed by atoms with E-state index in [1.807, 2.05) is 60.7 Å². The topological polar surface area (TPSA) is 70.7 Å². The fraction of sp³-hybridized carbons (Fsp3) is 0.364. The lowest BCUT2D eigenvalue weighted by molar-refractivity contribution is -0.133. The molecule has 0 unspecified atom stereocenters. The number of urea groups is 1. The summed E-state index contributed by atoms with van der Waals surface area (Å²) in [5.74, 6) is -0.203. The number of benzene rings is 2. The average Bonchev–Trinajstić information content (AvgIpc) is 2.96. The molecule has 148 valence electrons. The normalized spacial score (nSPS) is 19.1. The monoisotopic (exact) mass is 381 g/mol. The summed E-state index contributed by atoms with van der Waals surface area (Å²) >= 11 is 0. The van der Waals surface area contributed by atoms with Gasteiger partial charge in [0, 0.05) is 0 Å². The van der Waals surface area contributed by atoms with E-state index < -0.39 is 5.54 Å². The summed E-state index contributed by atoms with van der Waals surface area (Å²) in [6.45, 7) is 2.95. The van der Waals surface area contributed by atoms with Crippen molar-refractivity contribution in [1.82, 2.24) is 15.7 Å². The van der Waals surface area contributed by atoms with Crippen LogP contribution < -0.4 is 10.8 Å². The summed E-state index contributed by atoms with van der Waals surface area (Å²) in [6, 6.07) is 19.0. The number of carbonyl (C=O) groups excluding carboxylic acids is 2. The van der Waals surface area contributed by atoms with Crippen LogP contribution in [0.1, 0.15) is 37.3 Å². The second-order valence-corrected chi connectivity index (χ2v) is 7.09. The number of hydroxylamine groups is 1. The molecule has 2 N–H and O–H groups in total. The first-order valence-corrected chi connectivity index (χ1v) is 9.71. The van der Waals surface area contributed by atoms with Crippen molar-refractivity contribution < 1.29 is 14.4 Å². The molecule has 0 spiro atoms. The molecule has 1 aliphatic heterocycles. The number of nitrogens with one attached hydrogen (secondary N) is 2. The van der Waals surface area contributed by atoms with E-state index in [2.05, 4.69) is 17.7 Å². The number of hydrogen-bond acceptors (Lipinski definition) is 4. The molecule has 1 heterocycles. The Kier molecular flexibility index (Phi) is 6.79. The molecule has 1 aliphatic rings. The Bertz CT molecular complexity index is 782. The Morgan fingerprint density at radius 1 is 1.00 bits per heavy atom. The van der Waals surface area contributed by atoms with Crippen LogP contribution >= 0.6 is 0 Å². The molecule has 6 nitrogen and oxygen atoms in total. The van der Waals surface area contributed by atoms with Crippen molar-refractivity contribution in [2.45, 2.75) is 44.9 Å². The third kappa shape index (κ3) is 4.77. The highest BCUT2D eigenvalue weighted by molar-refractivity contribution is 6.07. The third-order valence-corrected chi connectivity index (χ3v) is 4.94. The molecular weight excluding hydrogens is 354 g/mol. The maximum Gasteiger partial charge on any atom is 0.325 e. The quantitative estimate of drug-likeness (QED) is 0.376. The van der Waals surface area contributed by atoms with Gasteiger partial charge in [0.2, 0.25) is 0 Å². The maximum atomic E-state index is 13.2. The number of amides is 3. The summed E-state index contributed by atoms with van der Waals surface area (Å²) in [7, 11) is 0. The average molecular weight is 381 g/mol. The van der Waals surface area contributed by atoms with Crippen LogP contribution in [-0.2, 0) is 22.8 Å². The highest BCUT2D eigenvalue weighted by Crippen LogP contribution is 2.25. The zero-order chi connectivity index (χ0) is 19.8. The van der Waals surface area contributed by atoms with E-state index in [1.54, 1.807) is 0 Å². The van der Waals surface area contributed by atoms with E-state index in [0.717, 1.165) is 24.0 Å². The highest BCUT2D eigenvalue weighted by Gasteiger charge is 2.50. The first-order valence-electron chi connectivity index (χ1n) is 9.71. The number of nitrogens with zero attached hydrogens (tertiary/aromatic N) is 1. The number of imide groups is 1. The van der Waals surface area contributed by atoms with E-state index in [-0.39, 0.29) is 25.0 Å². The van der Waals surface area contributed by atoms with Gasteiger partial charge in [0.25, 0.3) is 5.91 Å². The van der Waals surface area contributed by atoms with Crippen LogP contribution in [0.5, 0.6) is 0 Å². The minimum atomic E-state index is -0.974. The Morgan fingerprint density at radius 2 is 1.64 bits per heavy atom. The van der Waals surface area contributed by atoms with Crippen molar-refractivity contribution in [3.8, 4) is 0 Å². The van der Waals surface area contributed by atoms with Crippen molar-refractivity contribution in [3.05, 3.63) is 71.8 Å². The molecule has 2 aromatic rings. The molecule has 28 heavy (non-hydrogen) atoms. The Labute approximate surface area is 165 Å². The molecule has 0 bridgehead atoms. The zero-order valence-electron chi connectivity index (χ0n) is 16.2. The molecule has 0 saturated carbocycles. The van der Waals surface area contributed by atoms with Crippen LogP contribution in [0, 0.1) is 0 Å². The minimum absolute atomic E-state index is 0.203. The van der Waals surface area contributed by atoms with Crippen molar-refractivity contribution in [3.63, 3.8) is 0 Å². The Hall–Kier alpha value is -2.70. The van der Waals surface area contributed by atoms with Crippen LogP contribution in [0.15, 0.2) is 60.7 Å². The largest absolute Gasteiger partial charge is 0.325 e. The van der Waals surface area contributed by atoms with E-state index in [0.29, 0.717) is 13.0 Å². The fourth-order valence-electron chi connectivity index (χ4n) is 3.32. The highest BCUT2D eigenvalue weighted by atomic mass is 16.6. The summed E-state index contributed by atoms with van der Waals surface area (Å²) in [5, 5.41) is 2.92. The first-order chi connectivity index (χ1) is 13.6. The van der Waals surface area contributed by atoms with Crippen LogP contribution in [0.2, 0.25) is 0 Å². The van der Waals surface area contributed by atoms with Gasteiger partial charge in [-0.05, 0) is 17.5 Å². The van der Waals surface area contributed by atoms with Gasteiger partial charge in [0.05, 0.1) is 19.7 Å². The molecule has 0 aromatic heterocycles. The van der Waals surface area contributed by atoms with Gasteiger partial charge < -0.3 is 5.32 Å². The van der Waals surface area contributed by atoms with E-state index in [1.165, 1.54) is 4.90 Å². The van der Waals surface area contributed by atoms with Gasteiger partial charge in [0.1, 0.15) is 5.54 Å². The van der Waals surface area contributed by atoms with E-state index in [9.17, 15) is 9.59 Å². The summed E-state index contributed by atoms with van der Waals surface area (Å²) < 4.78 is 0. The molecule has 1 atom stereocenters. The lowest BCUT2D eigenvalue weighted by Crippen LogP contribution is -2.54. The minimum Gasteiger partial charge on any atom is -0.322 e. The third-order valence-electron chi connectivity index (χ3n) is 4.94. The Morgan fingerprint density at radius 3 is 2.29 bits per heavy atom. The predicted molar refractivity (Wildman–Crippen MR) is 107 cm³/mol. The van der Waals surface area contributed by atoms with Crippen LogP contribution in [0.25, 0.3) is 0 Å². The fourth-order valence-corrected chi connectivity index (χ4v) is 3.32. The maximum absolute atomic E-state index is 13.2. The number of carbonyl (C=O) groups is 2. The molecule has 3 amide bonds. The van der Waals surface area contributed by atoms with E-state index in [4.69, 9.17) is 4.84 Å². The lowest BCUT2D eigenvalue weighted by atomic mass is 9.92. The lowest BCUT2D eigenvalue weighted by Gasteiger charge is -2.27. The number of unbranched alkanes of at least 4 members (excludes halogenated alkanes) is 1. The van der Waals surface area contributed by atoms with Gasteiger partial charge in [-0.3, -0.25) is 14.5 Å². The molecule has 2 aromatic carbocycles. The number of rotatable bonds is 10. The predicted octanol–water partition coefficient (Wildman–Crippen LogP) is 3.39. The number of hydrogen-bond donors (Lipinski definition) is 2. The van der Waals surface area contributed by atoms with Gasteiger partial charge in [-0.1, -0.05) is 80.4 Å². The standard InChI is InChI=1S/C22H27N3O3/c1-2-3-14-22(17-23-28-16-19-12-8-5-9-13-19)20(26)25(21(27)24-22)15-18-10-6-4-7-11-18/h4-13,23H,2-3,14-17H2,1H3,(H,24,27)/t22-/m0/s1. The van der Waals surface area contributed by atoms with Gasteiger partial charge >= 0.3 is 6.03 Å². The van der Waals surface area contributed by atoms with Gasteiger partial charge in [-0.25, -0.2) is 4.79 Å². The SMILES string of the molecule is CCCC[C@@]1(CNOCc2ccccc2)NC(=O)N(Cc2ccccc2)C1=O. The van der Waals surface area contributed by atoms with E-state index >= 15 is 0 Å². The van der Waals surface area contributed by atoms with Gasteiger partial charge in [-0.15, -0.1) is 0 Å². The zero-order valence-corrected chi connectivity index (χ0v) is 16.2. The molecule has 0 radical (unpaired) electrons. The second kappa shape index (κ2) is 9.48. The molecular formula is C22H27N3O3. The van der Waals surface area contributed by atoms with Crippen LogP contribution in [0.3, 0.4) is 0 Å². The Balaban J connectivity index is 1.64. The van der Waals surface area contributed by atoms with Crippen molar-refractivity contribution in [2.24, 2.45) is 0 Å². The van der Waals surface area contributed by atoms with Gasteiger partial charge in [0.15, 0.2) is 0 Å². The van der Waals surface area contributed by atoms with Gasteiger partial charge in [-0.2, -0.15) is 5.48 Å². The summed E-state index contributed by atoms with van der Waals surface area (Å²) in [6.07, 6.45) is 2.35. The second-order valence-electron chi connectivity index (χ2n) is 7.09. The molecule has 6 heteroatoms. The smallest absolute Gasteiger partial charge is 0.322 e. The molecule has 1 fully saturated rings. The molecule has 3 rings (SSSR count). The summed E-state index contributed by atoms with van der Waals surface area (Å²) in [4.78, 5) is 32.6. The van der Waals surface area contributed by atoms with Crippen molar-refractivity contribution >= 4 is 11.9 Å². The summed E-state index contributed by atoms with van der Waals surface area (Å²) in [5.41, 5.74) is 3.88. The van der Waals surface area contributed by atoms with Crippen LogP contribution in [-0.4, -0.2) is 28.9 Å².